The van der Waals surface area contributed by atoms with E-state index in [1.807, 2.05) is 0 Å². The molecule has 2 fully saturated rings. The number of aromatic nitrogens is 1. The molecule has 3 atom stereocenters. The molecule has 0 bridgehead atoms. The number of likely N-dealkylation sites (tertiary alicyclic amines) is 1. The predicted octanol–water partition coefficient (Wildman–Crippen LogP) is 1.11. The number of aliphatic hydroxyl groups is 1. The minimum atomic E-state index is -0.480. The van der Waals surface area contributed by atoms with Crippen molar-refractivity contribution in [2.45, 2.75) is 63.1 Å². The van der Waals surface area contributed by atoms with Gasteiger partial charge in [0.2, 0.25) is 5.91 Å². The van der Waals surface area contributed by atoms with Crippen LogP contribution in [0.4, 0.5) is 0 Å². The van der Waals surface area contributed by atoms with Crippen molar-refractivity contribution in [3.63, 3.8) is 0 Å². The van der Waals surface area contributed by atoms with Gasteiger partial charge in [-0.3, -0.25) is 9.69 Å². The Balaban J connectivity index is 1.47. The van der Waals surface area contributed by atoms with Gasteiger partial charge in [0, 0.05) is 24.9 Å². The third-order valence-electron chi connectivity index (χ3n) is 5.12. The van der Waals surface area contributed by atoms with E-state index in [4.69, 9.17) is 9.26 Å². The number of ether oxygens (including phenoxy) is 1. The third-order valence-corrected chi connectivity index (χ3v) is 5.12. The van der Waals surface area contributed by atoms with Crippen LogP contribution in [0.5, 0.6) is 5.88 Å². The van der Waals surface area contributed by atoms with E-state index in [1.165, 1.54) is 20.0 Å². The molecule has 2 N–H and O–H groups in total. The first-order valence-electron chi connectivity index (χ1n) is 8.88. The smallest absolute Gasteiger partial charge is 0.254 e. The zero-order chi connectivity index (χ0) is 16.9. The van der Waals surface area contributed by atoms with Crippen molar-refractivity contribution in [3.8, 4) is 5.88 Å². The number of nitrogens with zero attached hydrogens (tertiary/aromatic N) is 2. The molecule has 24 heavy (non-hydrogen) atoms. The summed E-state index contributed by atoms with van der Waals surface area (Å²) in [5.74, 6) is 0.985. The van der Waals surface area contributed by atoms with Gasteiger partial charge < -0.3 is 19.7 Å². The van der Waals surface area contributed by atoms with Crippen molar-refractivity contribution in [3.05, 3.63) is 11.8 Å². The Kier molecular flexibility index (Phi) is 5.73. The Morgan fingerprint density at radius 2 is 2.21 bits per heavy atom. The topological polar surface area (TPSA) is 87.8 Å². The summed E-state index contributed by atoms with van der Waals surface area (Å²) in [4.78, 5) is 14.6. The molecule has 3 rings (SSSR count). The fourth-order valence-corrected chi connectivity index (χ4v) is 3.81. The van der Waals surface area contributed by atoms with Crippen LogP contribution in [0.1, 0.15) is 44.3 Å². The maximum Gasteiger partial charge on any atom is 0.254 e. The number of aliphatic hydroxyl groups excluding tert-OH is 1. The number of amides is 1. The Labute approximate surface area is 142 Å². The first kappa shape index (κ1) is 17.2. The van der Waals surface area contributed by atoms with Crippen LogP contribution in [0.15, 0.2) is 10.6 Å². The van der Waals surface area contributed by atoms with Crippen LogP contribution < -0.4 is 10.1 Å². The molecule has 1 aromatic rings. The summed E-state index contributed by atoms with van der Waals surface area (Å²) in [6, 6.07) is 1.72. The van der Waals surface area contributed by atoms with E-state index in [-0.39, 0.29) is 18.0 Å². The van der Waals surface area contributed by atoms with Crippen LogP contribution >= 0.6 is 0 Å². The summed E-state index contributed by atoms with van der Waals surface area (Å²) in [6.07, 6.45) is 5.63. The molecule has 1 saturated heterocycles. The number of carbonyl (C=O) groups excluding carboxylic acids is 1. The number of nitrogens with one attached hydrogen (secondary N) is 1. The second kappa shape index (κ2) is 7.98. The van der Waals surface area contributed by atoms with Crippen molar-refractivity contribution >= 4 is 5.91 Å². The fourth-order valence-electron chi connectivity index (χ4n) is 3.81. The van der Waals surface area contributed by atoms with Crippen molar-refractivity contribution in [1.82, 2.24) is 15.4 Å². The fraction of sp³-hybridized carbons (Fsp3) is 0.765. The average molecular weight is 337 g/mol. The van der Waals surface area contributed by atoms with Gasteiger partial charge in [-0.05, 0) is 50.4 Å². The van der Waals surface area contributed by atoms with E-state index < -0.39 is 6.10 Å². The monoisotopic (exact) mass is 337 g/mol. The van der Waals surface area contributed by atoms with E-state index in [0.29, 0.717) is 24.5 Å². The van der Waals surface area contributed by atoms with E-state index in [2.05, 4.69) is 15.4 Å². The Morgan fingerprint density at radius 1 is 1.42 bits per heavy atom. The summed E-state index contributed by atoms with van der Waals surface area (Å²) in [5, 5.41) is 17.4. The Bertz CT molecular complexity index is 542. The van der Waals surface area contributed by atoms with Gasteiger partial charge in [0.15, 0.2) is 0 Å². The molecule has 0 aromatic carbocycles. The largest absolute Gasteiger partial charge is 0.479 e. The lowest BCUT2D eigenvalue weighted by Crippen LogP contribution is -2.56. The number of carbonyl (C=O) groups is 1. The van der Waals surface area contributed by atoms with Crippen molar-refractivity contribution < 1.29 is 19.2 Å². The first-order chi connectivity index (χ1) is 11.7. The number of methoxy groups -OCH3 is 1. The summed E-state index contributed by atoms with van der Waals surface area (Å²) in [6.45, 7) is 2.13. The molecule has 0 radical (unpaired) electrons. The lowest BCUT2D eigenvalue weighted by molar-refractivity contribution is -0.123. The highest BCUT2D eigenvalue weighted by Crippen LogP contribution is 2.26. The second-order valence-electron chi connectivity index (χ2n) is 6.74. The Morgan fingerprint density at radius 3 is 2.92 bits per heavy atom. The van der Waals surface area contributed by atoms with Gasteiger partial charge in [-0.2, -0.15) is 0 Å². The molecule has 1 saturated carbocycles. The van der Waals surface area contributed by atoms with Crippen LogP contribution in [0.3, 0.4) is 0 Å². The quantitative estimate of drug-likeness (QED) is 0.808. The molecular weight excluding hydrogens is 310 g/mol. The van der Waals surface area contributed by atoms with Gasteiger partial charge in [0.25, 0.3) is 5.88 Å². The van der Waals surface area contributed by atoms with E-state index >= 15 is 0 Å². The number of aryl methyl sites for hydroxylation is 1. The SMILES string of the molecule is COc1cc(CCC(=O)N[C@@H]2CCC[C@@H](N3CCCC3)[C@@H]2O)on1. The average Bonchev–Trinajstić information content (AvgIpc) is 3.26. The van der Waals surface area contributed by atoms with E-state index in [9.17, 15) is 9.90 Å². The summed E-state index contributed by atoms with van der Waals surface area (Å²) in [5.41, 5.74) is 0. The first-order valence-corrected chi connectivity index (χ1v) is 8.88. The number of hydrogen-bond acceptors (Lipinski definition) is 6. The number of rotatable bonds is 6. The lowest BCUT2D eigenvalue weighted by Gasteiger charge is -2.40. The van der Waals surface area contributed by atoms with Gasteiger partial charge in [0.05, 0.1) is 19.3 Å². The highest BCUT2D eigenvalue weighted by molar-refractivity contribution is 5.76. The molecule has 2 aliphatic rings. The van der Waals surface area contributed by atoms with E-state index in [1.54, 1.807) is 6.07 Å². The molecule has 7 heteroatoms. The van der Waals surface area contributed by atoms with Crippen LogP contribution in [-0.2, 0) is 11.2 Å². The van der Waals surface area contributed by atoms with Crippen LogP contribution in [0.2, 0.25) is 0 Å². The third kappa shape index (κ3) is 4.08. The van der Waals surface area contributed by atoms with E-state index in [0.717, 1.165) is 32.4 Å². The standard InChI is InChI=1S/C17H27N3O4/c1-23-16-11-12(24-19-16)7-8-15(21)18-13-5-4-6-14(17(13)22)20-9-2-3-10-20/h11,13-14,17,22H,2-10H2,1H3,(H,18,21)/t13-,14-,17-/m1/s1. The molecule has 1 aliphatic carbocycles. The molecule has 0 spiro atoms. The van der Waals surface area contributed by atoms with Crippen molar-refractivity contribution in [2.24, 2.45) is 0 Å². The van der Waals surface area contributed by atoms with Gasteiger partial charge in [-0.25, -0.2) is 0 Å². The van der Waals surface area contributed by atoms with Crippen LogP contribution in [0, 0.1) is 0 Å². The minimum Gasteiger partial charge on any atom is -0.479 e. The van der Waals surface area contributed by atoms with Gasteiger partial charge in [0.1, 0.15) is 5.76 Å². The maximum atomic E-state index is 12.2. The lowest BCUT2D eigenvalue weighted by atomic mass is 9.87. The van der Waals surface area contributed by atoms with Gasteiger partial charge in [-0.1, -0.05) is 0 Å². The van der Waals surface area contributed by atoms with Crippen LogP contribution in [-0.4, -0.2) is 59.5 Å². The van der Waals surface area contributed by atoms with Crippen molar-refractivity contribution in [1.29, 1.82) is 0 Å². The molecule has 0 unspecified atom stereocenters. The van der Waals surface area contributed by atoms with Gasteiger partial charge in [-0.15, -0.1) is 0 Å². The molecule has 1 aliphatic heterocycles. The minimum absolute atomic E-state index is 0.0588. The molecule has 1 aromatic heterocycles. The maximum absolute atomic E-state index is 12.2. The van der Waals surface area contributed by atoms with Gasteiger partial charge >= 0.3 is 0 Å². The molecule has 134 valence electrons. The summed E-state index contributed by atoms with van der Waals surface area (Å²) >= 11 is 0. The Hall–Kier alpha value is -1.60. The second-order valence-corrected chi connectivity index (χ2v) is 6.74. The molecule has 1 amide bonds. The zero-order valence-electron chi connectivity index (χ0n) is 14.2. The molecule has 2 heterocycles. The van der Waals surface area contributed by atoms with Crippen molar-refractivity contribution in [2.75, 3.05) is 20.2 Å². The highest BCUT2D eigenvalue weighted by Gasteiger charge is 2.36. The van der Waals surface area contributed by atoms with Crippen LogP contribution in [0.25, 0.3) is 0 Å². The number of hydrogen-bond donors (Lipinski definition) is 2. The summed E-state index contributed by atoms with van der Waals surface area (Å²) in [7, 11) is 1.52. The highest BCUT2D eigenvalue weighted by atomic mass is 16.5. The normalized spacial score (nSPS) is 28.0. The summed E-state index contributed by atoms with van der Waals surface area (Å²) < 4.78 is 10.0. The zero-order valence-corrected chi connectivity index (χ0v) is 14.2. The molecular formula is C17H27N3O4. The molecule has 7 nitrogen and oxygen atoms in total. The predicted molar refractivity (Wildman–Crippen MR) is 87.8 cm³/mol.